The second kappa shape index (κ2) is 14.3. The monoisotopic (exact) mass is 595 g/mol. The zero-order valence-electron chi connectivity index (χ0n) is 24.0. The predicted molar refractivity (Wildman–Crippen MR) is 160 cm³/mol. The number of halogens is 1. The lowest BCUT2D eigenvalue weighted by atomic mass is 9.95. The summed E-state index contributed by atoms with van der Waals surface area (Å²) >= 11 is 0. The van der Waals surface area contributed by atoms with Gasteiger partial charge in [0.1, 0.15) is 24.2 Å². The van der Waals surface area contributed by atoms with Gasteiger partial charge in [-0.15, -0.1) is 0 Å². The highest BCUT2D eigenvalue weighted by atomic mass is 32.2. The molecule has 1 aliphatic rings. The van der Waals surface area contributed by atoms with Gasteiger partial charge in [0, 0.05) is 12.6 Å². The van der Waals surface area contributed by atoms with E-state index >= 15 is 0 Å². The Kier molecular flexibility index (Phi) is 10.6. The van der Waals surface area contributed by atoms with E-state index < -0.39 is 34.3 Å². The van der Waals surface area contributed by atoms with E-state index in [0.717, 1.165) is 36.4 Å². The van der Waals surface area contributed by atoms with Crippen LogP contribution in [0.1, 0.15) is 51.5 Å². The van der Waals surface area contributed by atoms with Crippen molar-refractivity contribution in [3.8, 4) is 5.75 Å². The number of benzene rings is 3. The number of amides is 2. The number of hydrogen-bond donors (Lipinski definition) is 1. The normalized spacial score (nSPS) is 14.5. The highest BCUT2D eigenvalue weighted by Gasteiger charge is 2.33. The van der Waals surface area contributed by atoms with Gasteiger partial charge >= 0.3 is 0 Å². The fourth-order valence-electron chi connectivity index (χ4n) is 5.06. The number of sulfonamides is 1. The first-order chi connectivity index (χ1) is 20.2. The number of nitrogens with one attached hydrogen (secondary N) is 1. The van der Waals surface area contributed by atoms with Crippen molar-refractivity contribution < 1.29 is 27.1 Å². The Morgan fingerprint density at radius 3 is 2.21 bits per heavy atom. The lowest BCUT2D eigenvalue weighted by Crippen LogP contribution is -2.53. The van der Waals surface area contributed by atoms with Crippen molar-refractivity contribution in [3.63, 3.8) is 0 Å². The highest BCUT2D eigenvalue weighted by molar-refractivity contribution is 7.92. The maximum atomic E-state index is 14.0. The lowest BCUT2D eigenvalue weighted by Gasteiger charge is -2.33. The number of anilines is 1. The molecule has 1 saturated carbocycles. The van der Waals surface area contributed by atoms with Gasteiger partial charge in [-0.2, -0.15) is 0 Å². The number of rotatable bonds is 12. The van der Waals surface area contributed by atoms with E-state index in [4.69, 9.17) is 4.74 Å². The van der Waals surface area contributed by atoms with Gasteiger partial charge in [0.25, 0.3) is 10.0 Å². The van der Waals surface area contributed by atoms with Crippen molar-refractivity contribution in [2.45, 2.75) is 69.5 Å². The van der Waals surface area contributed by atoms with E-state index in [1.165, 1.54) is 29.2 Å². The number of ether oxygens (including phenoxy) is 1. The first-order valence-corrected chi connectivity index (χ1v) is 15.8. The molecule has 1 aliphatic carbocycles. The molecule has 1 fully saturated rings. The second-order valence-corrected chi connectivity index (χ2v) is 12.3. The molecule has 0 aromatic heterocycles. The lowest BCUT2D eigenvalue weighted by molar-refractivity contribution is -0.139. The summed E-state index contributed by atoms with van der Waals surface area (Å²) in [5.74, 6) is -0.763. The van der Waals surface area contributed by atoms with Crippen LogP contribution in [0, 0.1) is 5.82 Å². The van der Waals surface area contributed by atoms with E-state index in [9.17, 15) is 22.4 Å². The number of carbonyl (C=O) groups is 2. The van der Waals surface area contributed by atoms with E-state index in [2.05, 4.69) is 5.32 Å². The molecule has 1 atom stereocenters. The molecule has 0 saturated heterocycles. The largest absolute Gasteiger partial charge is 0.494 e. The van der Waals surface area contributed by atoms with Crippen LogP contribution >= 0.6 is 0 Å². The maximum absolute atomic E-state index is 14.0. The third kappa shape index (κ3) is 7.88. The second-order valence-electron chi connectivity index (χ2n) is 10.4. The van der Waals surface area contributed by atoms with E-state index in [1.54, 1.807) is 61.5 Å². The quantitative estimate of drug-likeness (QED) is 0.307. The van der Waals surface area contributed by atoms with Crippen LogP contribution in [0.25, 0.3) is 0 Å². The fourth-order valence-corrected chi connectivity index (χ4v) is 6.48. The standard InChI is InChI=1S/C32H38FN3O5S/c1-3-41-29-18-20-30(21-19-29)42(39,40)36(28-12-8-5-9-13-28)23-31(37)35(22-25-14-16-26(33)17-15-25)24(2)32(38)34-27-10-6-4-7-11-27/h5,8-9,12-21,24,27H,3-4,6-7,10-11,22-23H2,1-2H3,(H,34,38)/t24-/m0/s1. The topological polar surface area (TPSA) is 96.0 Å². The predicted octanol–water partition coefficient (Wildman–Crippen LogP) is 5.29. The van der Waals surface area contributed by atoms with E-state index in [0.29, 0.717) is 23.6 Å². The Morgan fingerprint density at radius 2 is 1.60 bits per heavy atom. The molecule has 0 aliphatic heterocycles. The maximum Gasteiger partial charge on any atom is 0.264 e. The molecular formula is C32H38FN3O5S. The minimum atomic E-state index is -4.18. The highest BCUT2D eigenvalue weighted by Crippen LogP contribution is 2.26. The Bertz CT molecular complexity index is 1430. The average molecular weight is 596 g/mol. The third-order valence-corrected chi connectivity index (χ3v) is 9.22. The summed E-state index contributed by atoms with van der Waals surface area (Å²) in [6.07, 6.45) is 4.97. The van der Waals surface area contributed by atoms with Crippen molar-refractivity contribution in [2.24, 2.45) is 0 Å². The van der Waals surface area contributed by atoms with Gasteiger partial charge in [0.15, 0.2) is 0 Å². The molecule has 0 heterocycles. The van der Waals surface area contributed by atoms with Gasteiger partial charge in [-0.05, 0) is 80.8 Å². The first-order valence-electron chi connectivity index (χ1n) is 14.3. The zero-order chi connectivity index (χ0) is 30.1. The molecule has 3 aromatic carbocycles. The molecule has 4 rings (SSSR count). The van der Waals surface area contributed by atoms with Crippen molar-refractivity contribution in [1.82, 2.24) is 10.2 Å². The summed E-state index contributed by atoms with van der Waals surface area (Å²) < 4.78 is 48.0. The van der Waals surface area contributed by atoms with Crippen LogP contribution in [0.15, 0.2) is 83.8 Å². The van der Waals surface area contributed by atoms with Crippen LogP contribution in [0.4, 0.5) is 10.1 Å². The SMILES string of the molecule is CCOc1ccc(S(=O)(=O)N(CC(=O)N(Cc2ccc(F)cc2)[C@@H](C)C(=O)NC2CCCCC2)c2ccccc2)cc1. The van der Waals surface area contributed by atoms with Gasteiger partial charge < -0.3 is 15.0 Å². The number of hydrogen-bond acceptors (Lipinski definition) is 5. The summed E-state index contributed by atoms with van der Waals surface area (Å²) in [4.78, 5) is 28.7. The molecule has 0 unspecified atom stereocenters. The van der Waals surface area contributed by atoms with Crippen LogP contribution in [-0.2, 0) is 26.2 Å². The molecule has 2 amide bonds. The molecule has 0 bridgehead atoms. The van der Waals surface area contributed by atoms with Crippen LogP contribution < -0.4 is 14.4 Å². The Morgan fingerprint density at radius 1 is 0.952 bits per heavy atom. The number of para-hydroxylation sites is 1. The van der Waals surface area contributed by atoms with Gasteiger partial charge in [0.05, 0.1) is 17.2 Å². The third-order valence-electron chi connectivity index (χ3n) is 7.43. The number of carbonyl (C=O) groups excluding carboxylic acids is 2. The van der Waals surface area contributed by atoms with Gasteiger partial charge in [-0.25, -0.2) is 12.8 Å². The molecule has 10 heteroatoms. The summed E-state index contributed by atoms with van der Waals surface area (Å²) in [5, 5.41) is 3.07. The van der Waals surface area contributed by atoms with Crippen LogP contribution in [0.3, 0.4) is 0 Å². The molecule has 0 spiro atoms. The molecule has 8 nitrogen and oxygen atoms in total. The molecular weight excluding hydrogens is 557 g/mol. The van der Waals surface area contributed by atoms with Crippen LogP contribution in [0.2, 0.25) is 0 Å². The Hall–Kier alpha value is -3.92. The molecule has 3 aromatic rings. The molecule has 224 valence electrons. The van der Waals surface area contributed by atoms with Crippen molar-refractivity contribution in [3.05, 3.63) is 90.2 Å². The summed E-state index contributed by atoms with van der Waals surface area (Å²) in [6.45, 7) is 3.37. The molecule has 0 radical (unpaired) electrons. The van der Waals surface area contributed by atoms with E-state index in [1.807, 2.05) is 6.92 Å². The van der Waals surface area contributed by atoms with Crippen LogP contribution in [0.5, 0.6) is 5.75 Å². The minimum Gasteiger partial charge on any atom is -0.494 e. The Balaban J connectivity index is 1.64. The van der Waals surface area contributed by atoms with Crippen molar-refractivity contribution >= 4 is 27.5 Å². The molecule has 42 heavy (non-hydrogen) atoms. The molecule has 1 N–H and O–H groups in total. The van der Waals surface area contributed by atoms with Gasteiger partial charge in [-0.3, -0.25) is 13.9 Å². The first kappa shape index (κ1) is 31.0. The van der Waals surface area contributed by atoms with Gasteiger partial charge in [0.2, 0.25) is 11.8 Å². The van der Waals surface area contributed by atoms with E-state index in [-0.39, 0.29) is 23.4 Å². The summed E-state index contributed by atoms with van der Waals surface area (Å²) in [6, 6.07) is 19.2. The van der Waals surface area contributed by atoms with Crippen LogP contribution in [-0.4, -0.2) is 50.4 Å². The van der Waals surface area contributed by atoms with Crippen molar-refractivity contribution in [1.29, 1.82) is 0 Å². The fraction of sp³-hybridized carbons (Fsp3) is 0.375. The zero-order valence-corrected chi connectivity index (χ0v) is 24.9. The van der Waals surface area contributed by atoms with Gasteiger partial charge in [-0.1, -0.05) is 49.6 Å². The minimum absolute atomic E-state index is 0.00391. The Labute approximate surface area is 247 Å². The number of nitrogens with zero attached hydrogens (tertiary/aromatic N) is 2. The smallest absolute Gasteiger partial charge is 0.264 e. The summed E-state index contributed by atoms with van der Waals surface area (Å²) in [7, 11) is -4.18. The van der Waals surface area contributed by atoms with Crippen molar-refractivity contribution in [2.75, 3.05) is 17.5 Å². The average Bonchev–Trinajstić information content (AvgIpc) is 3.00. The summed E-state index contributed by atoms with van der Waals surface area (Å²) in [5.41, 5.74) is 0.920.